The molecule has 0 radical (unpaired) electrons. The van der Waals surface area contributed by atoms with Gasteiger partial charge in [0.2, 0.25) is 15.2 Å². The second-order valence-corrected chi connectivity index (χ2v) is 8.41. The number of aromatic nitrogens is 2. The van der Waals surface area contributed by atoms with Crippen LogP contribution in [0.15, 0.2) is 30.3 Å². The summed E-state index contributed by atoms with van der Waals surface area (Å²) >= 11 is 1.53. The molecule has 0 bridgehead atoms. The van der Waals surface area contributed by atoms with Crippen LogP contribution in [0.2, 0.25) is 0 Å². The van der Waals surface area contributed by atoms with Gasteiger partial charge >= 0.3 is 0 Å². The Morgan fingerprint density at radius 1 is 1.27 bits per heavy atom. The van der Waals surface area contributed by atoms with E-state index >= 15 is 0 Å². The van der Waals surface area contributed by atoms with E-state index in [-0.39, 0.29) is 11.8 Å². The molecule has 6 nitrogen and oxygen atoms in total. The summed E-state index contributed by atoms with van der Waals surface area (Å²) in [5.74, 6) is 0.116. The Kier molecular flexibility index (Phi) is 4.42. The number of sulfonamides is 1. The highest BCUT2D eigenvalue weighted by atomic mass is 32.2. The first-order valence-electron chi connectivity index (χ1n) is 7.11. The Balaban J connectivity index is 1.47. The zero-order chi connectivity index (χ0) is 15.6. The van der Waals surface area contributed by atoms with Gasteiger partial charge in [0.05, 0.1) is 11.8 Å². The van der Waals surface area contributed by atoms with Crippen LogP contribution < -0.4 is 9.62 Å². The van der Waals surface area contributed by atoms with Crippen LogP contribution in [0.3, 0.4) is 0 Å². The SMILES string of the molecule is Cc1nnc(N2CC(NS(=O)(=O)CCc3ccccc3)C2)s1. The lowest BCUT2D eigenvalue weighted by Crippen LogP contribution is -2.59. The third-order valence-electron chi connectivity index (χ3n) is 3.52. The van der Waals surface area contributed by atoms with Crippen LogP contribution in [0.5, 0.6) is 0 Å². The number of hydrogen-bond donors (Lipinski definition) is 1. The minimum atomic E-state index is -3.25. The Hall–Kier alpha value is -1.51. The first kappa shape index (κ1) is 15.4. The molecule has 1 aliphatic rings. The highest BCUT2D eigenvalue weighted by molar-refractivity contribution is 7.89. The molecule has 118 valence electrons. The summed E-state index contributed by atoms with van der Waals surface area (Å²) in [4.78, 5) is 2.04. The Labute approximate surface area is 134 Å². The Bertz CT molecular complexity index is 724. The minimum absolute atomic E-state index is 0.0371. The summed E-state index contributed by atoms with van der Waals surface area (Å²) in [6.07, 6.45) is 0.530. The fourth-order valence-corrected chi connectivity index (χ4v) is 4.32. The van der Waals surface area contributed by atoms with Crippen molar-refractivity contribution in [1.29, 1.82) is 0 Å². The van der Waals surface area contributed by atoms with Gasteiger partial charge in [0.1, 0.15) is 5.01 Å². The second kappa shape index (κ2) is 6.31. The lowest BCUT2D eigenvalue weighted by Gasteiger charge is -2.38. The molecule has 8 heteroatoms. The molecular formula is C14H18N4O2S2. The summed E-state index contributed by atoms with van der Waals surface area (Å²) in [7, 11) is -3.25. The largest absolute Gasteiger partial charge is 0.343 e. The maximum Gasteiger partial charge on any atom is 0.212 e. The van der Waals surface area contributed by atoms with Crippen LogP contribution in [0.1, 0.15) is 10.6 Å². The van der Waals surface area contributed by atoms with Crippen molar-refractivity contribution in [2.45, 2.75) is 19.4 Å². The van der Waals surface area contributed by atoms with Crippen molar-refractivity contribution in [1.82, 2.24) is 14.9 Å². The highest BCUT2D eigenvalue weighted by Crippen LogP contribution is 2.24. The highest BCUT2D eigenvalue weighted by Gasteiger charge is 2.32. The third kappa shape index (κ3) is 3.82. The normalized spacial score (nSPS) is 15.8. The van der Waals surface area contributed by atoms with Crippen molar-refractivity contribution in [3.8, 4) is 0 Å². The van der Waals surface area contributed by atoms with E-state index < -0.39 is 10.0 Å². The van der Waals surface area contributed by atoms with E-state index in [0.717, 1.165) is 15.7 Å². The number of benzene rings is 1. The van der Waals surface area contributed by atoms with Gasteiger partial charge in [-0.1, -0.05) is 41.7 Å². The monoisotopic (exact) mass is 338 g/mol. The number of aryl methyl sites for hydroxylation is 2. The molecule has 0 amide bonds. The van der Waals surface area contributed by atoms with E-state index in [9.17, 15) is 8.42 Å². The molecule has 1 aromatic carbocycles. The van der Waals surface area contributed by atoms with E-state index in [4.69, 9.17) is 0 Å². The summed E-state index contributed by atoms with van der Waals surface area (Å²) in [5, 5.41) is 9.81. The first-order valence-corrected chi connectivity index (χ1v) is 9.58. The van der Waals surface area contributed by atoms with Gasteiger partial charge in [-0.25, -0.2) is 13.1 Å². The standard InChI is InChI=1S/C14H18N4O2S2/c1-11-15-16-14(21-11)18-9-13(10-18)17-22(19,20)8-7-12-5-3-2-4-6-12/h2-6,13,17H,7-10H2,1H3. The van der Waals surface area contributed by atoms with E-state index in [1.807, 2.05) is 42.2 Å². The lowest BCUT2D eigenvalue weighted by atomic mass is 10.1. The van der Waals surface area contributed by atoms with Crippen LogP contribution in [-0.4, -0.2) is 43.5 Å². The molecule has 0 unspecified atom stereocenters. The molecule has 0 atom stereocenters. The maximum atomic E-state index is 12.1. The maximum absolute atomic E-state index is 12.1. The molecule has 1 N–H and O–H groups in total. The minimum Gasteiger partial charge on any atom is -0.343 e. The summed E-state index contributed by atoms with van der Waals surface area (Å²) in [6, 6.07) is 9.61. The van der Waals surface area contributed by atoms with Crippen molar-refractivity contribution in [3.63, 3.8) is 0 Å². The van der Waals surface area contributed by atoms with Gasteiger partial charge < -0.3 is 4.90 Å². The molecule has 0 aliphatic carbocycles. The second-order valence-electron chi connectivity index (χ2n) is 5.38. The first-order chi connectivity index (χ1) is 10.5. The van der Waals surface area contributed by atoms with Crippen LogP contribution in [0.25, 0.3) is 0 Å². The van der Waals surface area contributed by atoms with Gasteiger partial charge in [-0.2, -0.15) is 0 Å². The van der Waals surface area contributed by atoms with Gasteiger partial charge in [0, 0.05) is 13.1 Å². The average molecular weight is 338 g/mol. The predicted octanol–water partition coefficient (Wildman–Crippen LogP) is 1.20. The fraction of sp³-hybridized carbons (Fsp3) is 0.429. The molecule has 1 aromatic heterocycles. The van der Waals surface area contributed by atoms with Gasteiger partial charge in [-0.15, -0.1) is 10.2 Å². The van der Waals surface area contributed by atoms with Crippen LogP contribution in [-0.2, 0) is 16.4 Å². The molecule has 22 heavy (non-hydrogen) atoms. The number of nitrogens with one attached hydrogen (secondary N) is 1. The molecule has 3 rings (SSSR count). The van der Waals surface area contributed by atoms with E-state index in [1.165, 1.54) is 11.3 Å². The average Bonchev–Trinajstić information content (AvgIpc) is 2.88. The van der Waals surface area contributed by atoms with Crippen molar-refractivity contribution in [2.75, 3.05) is 23.7 Å². The molecule has 1 saturated heterocycles. The van der Waals surface area contributed by atoms with E-state index in [1.54, 1.807) is 0 Å². The fourth-order valence-electron chi connectivity index (χ4n) is 2.33. The van der Waals surface area contributed by atoms with Crippen LogP contribution >= 0.6 is 11.3 Å². The lowest BCUT2D eigenvalue weighted by molar-refractivity contribution is 0.467. The zero-order valence-corrected chi connectivity index (χ0v) is 13.9. The van der Waals surface area contributed by atoms with Crippen molar-refractivity contribution >= 4 is 26.5 Å². The quantitative estimate of drug-likeness (QED) is 0.856. The van der Waals surface area contributed by atoms with Crippen molar-refractivity contribution in [3.05, 3.63) is 40.9 Å². The number of anilines is 1. The van der Waals surface area contributed by atoms with E-state index in [0.29, 0.717) is 19.5 Å². The smallest absolute Gasteiger partial charge is 0.212 e. The molecule has 2 heterocycles. The number of nitrogens with zero attached hydrogens (tertiary/aromatic N) is 3. The molecule has 2 aromatic rings. The van der Waals surface area contributed by atoms with Gasteiger partial charge in [0.25, 0.3) is 0 Å². The summed E-state index contributed by atoms with van der Waals surface area (Å²) < 4.78 is 27.0. The predicted molar refractivity (Wildman–Crippen MR) is 87.7 cm³/mol. The van der Waals surface area contributed by atoms with Gasteiger partial charge in [-0.05, 0) is 18.9 Å². The molecule has 1 fully saturated rings. The topological polar surface area (TPSA) is 75.2 Å². The Morgan fingerprint density at radius 2 is 2.00 bits per heavy atom. The van der Waals surface area contributed by atoms with Gasteiger partial charge in [-0.3, -0.25) is 0 Å². The summed E-state index contributed by atoms with van der Waals surface area (Å²) in [6.45, 7) is 3.21. The van der Waals surface area contributed by atoms with E-state index in [2.05, 4.69) is 14.9 Å². The Morgan fingerprint density at radius 3 is 2.64 bits per heavy atom. The number of hydrogen-bond acceptors (Lipinski definition) is 6. The third-order valence-corrected chi connectivity index (χ3v) is 5.85. The molecule has 1 aliphatic heterocycles. The van der Waals surface area contributed by atoms with Crippen LogP contribution in [0.4, 0.5) is 5.13 Å². The molecule has 0 spiro atoms. The van der Waals surface area contributed by atoms with Gasteiger partial charge in [0.15, 0.2) is 0 Å². The summed E-state index contributed by atoms with van der Waals surface area (Å²) in [5.41, 5.74) is 1.03. The number of rotatable bonds is 6. The van der Waals surface area contributed by atoms with Crippen molar-refractivity contribution in [2.24, 2.45) is 0 Å². The van der Waals surface area contributed by atoms with Crippen LogP contribution in [0, 0.1) is 6.92 Å². The molecule has 0 saturated carbocycles. The zero-order valence-electron chi connectivity index (χ0n) is 12.3. The molecular weight excluding hydrogens is 320 g/mol. The van der Waals surface area contributed by atoms with Crippen molar-refractivity contribution < 1.29 is 8.42 Å².